The van der Waals surface area contributed by atoms with Crippen molar-refractivity contribution < 1.29 is 6.22 Å². The molecule has 1 aliphatic rings. The molecule has 0 radical (unpaired) electrons. The van der Waals surface area contributed by atoms with Gasteiger partial charge in [0.15, 0.2) is 0 Å². The topological polar surface area (TPSA) is 32.3 Å². The minimum Gasteiger partial charge on any atom is -0.356 e. The molecule has 1 fully saturated rings. The molecule has 66 valence electrons. The van der Waals surface area contributed by atoms with Crippen LogP contribution in [0.1, 0.15) is 14.8 Å². The summed E-state index contributed by atoms with van der Waals surface area (Å²) in [5.74, 6) is 0.857. The monoisotopic (exact) mass is 158 g/mol. The average Bonchev–Trinajstić information content (AvgIpc) is 1.95. The Labute approximate surface area is 69.2 Å². The van der Waals surface area contributed by atoms with E-state index in [2.05, 4.69) is 17.3 Å². The summed E-state index contributed by atoms with van der Waals surface area (Å²) < 4.78 is 0. The first kappa shape index (κ1) is 8.53. The van der Waals surface area contributed by atoms with Crippen molar-refractivity contribution in [3.8, 4) is 0 Å². The van der Waals surface area contributed by atoms with E-state index in [0.29, 0.717) is 12.3 Å². The Hall–Kier alpha value is -0.570. The highest BCUT2D eigenvalue weighted by atomic mass is 16.1. The molecule has 3 heteroatoms. The molecule has 1 N–H and O–H groups in total. The van der Waals surface area contributed by atoms with E-state index < -0.39 is 0 Å². The Balaban J connectivity index is 0.00000121. The van der Waals surface area contributed by atoms with Gasteiger partial charge in [0.2, 0.25) is 5.91 Å². The summed E-state index contributed by atoms with van der Waals surface area (Å²) in [5.41, 5.74) is 0. The third-order valence-corrected chi connectivity index (χ3v) is 2.05. The lowest BCUT2D eigenvalue weighted by molar-refractivity contribution is -0.121. The van der Waals surface area contributed by atoms with Gasteiger partial charge in [-0.2, -0.15) is 0 Å². The molecule has 0 aromatic heterocycles. The number of hydrogen-bond acceptors (Lipinski definition) is 2. The second-order valence-corrected chi connectivity index (χ2v) is 3.24. The summed E-state index contributed by atoms with van der Waals surface area (Å²) in [4.78, 5) is 13.1. The zero-order valence-corrected chi connectivity index (χ0v) is 7.26. The number of carbonyl (C=O) groups is 1. The molecule has 0 bridgehead atoms. The van der Waals surface area contributed by atoms with Gasteiger partial charge in [0, 0.05) is 33.4 Å². The predicted molar refractivity (Wildman–Crippen MR) is 46.4 cm³/mol. The Morgan fingerprint density at radius 3 is 2.82 bits per heavy atom. The van der Waals surface area contributed by atoms with E-state index in [1.807, 2.05) is 6.92 Å². The molecule has 0 aromatic carbocycles. The quantitative estimate of drug-likeness (QED) is 0.641. The van der Waals surface area contributed by atoms with Crippen molar-refractivity contribution in [1.29, 1.82) is 0 Å². The fourth-order valence-corrected chi connectivity index (χ4v) is 1.34. The van der Waals surface area contributed by atoms with Crippen molar-refractivity contribution in [3.63, 3.8) is 0 Å². The fourth-order valence-electron chi connectivity index (χ4n) is 1.34. The lowest BCUT2D eigenvalue weighted by Crippen LogP contribution is -2.49. The van der Waals surface area contributed by atoms with E-state index in [4.69, 9.17) is 0 Å². The minimum absolute atomic E-state index is 0. The Kier molecular flexibility index (Phi) is 2.88. The minimum atomic E-state index is 0. The van der Waals surface area contributed by atoms with Crippen LogP contribution in [0.5, 0.6) is 0 Å². The lowest BCUT2D eigenvalue weighted by atomic mass is 10.0. The zero-order chi connectivity index (χ0) is 8.27. The molecule has 1 saturated heterocycles. The molecule has 0 saturated carbocycles. The van der Waals surface area contributed by atoms with E-state index in [1.54, 1.807) is 0 Å². The second kappa shape index (κ2) is 3.72. The first-order valence-corrected chi connectivity index (χ1v) is 4.17. The molecule has 3 nitrogen and oxygen atoms in total. The number of amides is 1. The van der Waals surface area contributed by atoms with Gasteiger partial charge in [-0.15, -0.1) is 0 Å². The maximum Gasteiger partial charge on any atom is 0.219 e. The Bertz CT molecular complexity index is 146. The summed E-state index contributed by atoms with van der Waals surface area (Å²) >= 11 is 0. The zero-order valence-electron chi connectivity index (χ0n) is 7.26. The maximum absolute atomic E-state index is 10.8. The molecular weight excluding hydrogens is 140 g/mol. The van der Waals surface area contributed by atoms with Gasteiger partial charge in [-0.1, -0.05) is 6.92 Å². The van der Waals surface area contributed by atoms with Crippen LogP contribution in [0, 0.1) is 5.92 Å². The highest BCUT2D eigenvalue weighted by Crippen LogP contribution is 2.10. The van der Waals surface area contributed by atoms with Crippen LogP contribution in [0.4, 0.5) is 0 Å². The third kappa shape index (κ3) is 2.50. The largest absolute Gasteiger partial charge is 0.356 e. The molecule has 0 aromatic rings. The van der Waals surface area contributed by atoms with Crippen molar-refractivity contribution in [2.75, 3.05) is 26.7 Å². The lowest BCUT2D eigenvalue weighted by Gasteiger charge is -2.36. The smallest absolute Gasteiger partial charge is 0.219 e. The third-order valence-electron chi connectivity index (χ3n) is 2.05. The first-order chi connectivity index (χ1) is 5.22. The highest BCUT2D eigenvalue weighted by molar-refractivity contribution is 5.75. The Morgan fingerprint density at radius 1 is 1.73 bits per heavy atom. The normalized spacial score (nSPS) is 19.5. The average molecular weight is 158 g/mol. The summed E-state index contributed by atoms with van der Waals surface area (Å²) in [6.07, 6.45) is 0.600. The molecule has 0 aliphatic carbocycles. The van der Waals surface area contributed by atoms with Crippen LogP contribution in [-0.4, -0.2) is 37.5 Å². The van der Waals surface area contributed by atoms with Crippen molar-refractivity contribution in [2.24, 2.45) is 5.92 Å². The van der Waals surface area contributed by atoms with Crippen LogP contribution in [0.25, 0.3) is 0 Å². The summed E-state index contributed by atoms with van der Waals surface area (Å²) in [5, 5.41) is 2.89. The predicted octanol–water partition coefficient (Wildman–Crippen LogP) is 0.320. The van der Waals surface area contributed by atoms with Gasteiger partial charge < -0.3 is 10.2 Å². The van der Waals surface area contributed by atoms with Gasteiger partial charge in [-0.05, 0) is 7.05 Å². The number of rotatable bonds is 3. The number of carbonyl (C=O) groups excluding carboxylic acids is 1. The SMILES string of the molecule is CCC(=O)NCC1CN(C)C1.[HH]. The molecule has 11 heavy (non-hydrogen) atoms. The second-order valence-electron chi connectivity index (χ2n) is 3.24. The van der Waals surface area contributed by atoms with Crippen LogP contribution in [0.15, 0.2) is 0 Å². The molecule has 1 aliphatic heterocycles. The summed E-state index contributed by atoms with van der Waals surface area (Å²) in [6.45, 7) is 4.99. The van der Waals surface area contributed by atoms with E-state index in [0.717, 1.165) is 19.6 Å². The van der Waals surface area contributed by atoms with E-state index in [1.165, 1.54) is 0 Å². The van der Waals surface area contributed by atoms with Gasteiger partial charge in [-0.25, -0.2) is 0 Å². The summed E-state index contributed by atoms with van der Waals surface area (Å²) in [7, 11) is 2.10. The van der Waals surface area contributed by atoms with Crippen LogP contribution in [0.2, 0.25) is 0 Å². The molecule has 1 amide bonds. The van der Waals surface area contributed by atoms with Crippen LogP contribution < -0.4 is 5.32 Å². The van der Waals surface area contributed by atoms with Crippen molar-refractivity contribution in [3.05, 3.63) is 0 Å². The van der Waals surface area contributed by atoms with Gasteiger partial charge in [0.05, 0.1) is 0 Å². The molecule has 0 atom stereocenters. The van der Waals surface area contributed by atoms with E-state index >= 15 is 0 Å². The van der Waals surface area contributed by atoms with Crippen LogP contribution >= 0.6 is 0 Å². The van der Waals surface area contributed by atoms with Crippen molar-refractivity contribution >= 4 is 5.91 Å². The number of hydrogen-bond donors (Lipinski definition) is 1. The molecule has 1 heterocycles. The standard InChI is InChI=1S/C8H16N2O.H2/c1-3-8(11)9-4-7-5-10(2)6-7;/h7H,3-6H2,1-2H3,(H,9,11);1H. The first-order valence-electron chi connectivity index (χ1n) is 4.17. The van der Waals surface area contributed by atoms with E-state index in [9.17, 15) is 4.79 Å². The highest BCUT2D eigenvalue weighted by Gasteiger charge is 2.22. The Morgan fingerprint density at radius 2 is 2.36 bits per heavy atom. The van der Waals surface area contributed by atoms with Gasteiger partial charge >= 0.3 is 0 Å². The number of nitrogens with zero attached hydrogens (tertiary/aromatic N) is 1. The van der Waals surface area contributed by atoms with Gasteiger partial charge in [0.1, 0.15) is 0 Å². The molecular formula is C8H18N2O. The molecule has 0 unspecified atom stereocenters. The van der Waals surface area contributed by atoms with Crippen molar-refractivity contribution in [1.82, 2.24) is 10.2 Å². The number of nitrogens with one attached hydrogen (secondary N) is 1. The van der Waals surface area contributed by atoms with Crippen LogP contribution in [0.3, 0.4) is 0 Å². The van der Waals surface area contributed by atoms with Crippen LogP contribution in [-0.2, 0) is 4.79 Å². The van der Waals surface area contributed by atoms with Gasteiger partial charge in [0.25, 0.3) is 0 Å². The molecule has 0 spiro atoms. The van der Waals surface area contributed by atoms with Gasteiger partial charge in [-0.3, -0.25) is 4.79 Å². The van der Waals surface area contributed by atoms with E-state index in [-0.39, 0.29) is 7.33 Å². The molecule has 1 rings (SSSR count). The summed E-state index contributed by atoms with van der Waals surface area (Å²) in [6, 6.07) is 0. The maximum atomic E-state index is 10.8. The van der Waals surface area contributed by atoms with Crippen molar-refractivity contribution in [2.45, 2.75) is 13.3 Å². The number of likely N-dealkylation sites (tertiary alicyclic amines) is 1. The fraction of sp³-hybridized carbons (Fsp3) is 0.875.